The van der Waals surface area contributed by atoms with Gasteiger partial charge in [0.05, 0.1) is 25.4 Å². The fourth-order valence-corrected chi connectivity index (χ4v) is 6.84. The second-order valence-electron chi connectivity index (χ2n) is 10.9. The first-order chi connectivity index (χ1) is 18.6. The van der Waals surface area contributed by atoms with Crippen LogP contribution in [0.1, 0.15) is 73.4 Å². The van der Waals surface area contributed by atoms with Gasteiger partial charge in [0, 0.05) is 43.3 Å². The number of carbonyl (C=O) groups is 2. The predicted octanol–water partition coefficient (Wildman–Crippen LogP) is 4.68. The molecule has 3 aliphatic heterocycles. The Balaban J connectivity index is 1.25. The van der Waals surface area contributed by atoms with Gasteiger partial charge in [0.25, 0.3) is 0 Å². The Kier molecular flexibility index (Phi) is 7.89. The number of benzene rings is 1. The Bertz CT molecular complexity index is 1170. The minimum Gasteiger partial charge on any atom is -0.453 e. The molecule has 0 radical (unpaired) electrons. The molecule has 3 atom stereocenters. The molecule has 2 fully saturated rings. The monoisotopic (exact) mass is 547 g/mol. The topological polar surface area (TPSA) is 79.7 Å². The van der Waals surface area contributed by atoms with Crippen molar-refractivity contribution >= 4 is 12.0 Å². The number of imidazole rings is 1. The molecule has 2 saturated heterocycles. The number of hydrogen-bond acceptors (Lipinski definition) is 5. The summed E-state index contributed by atoms with van der Waals surface area (Å²) in [4.78, 5) is 33.2. The number of halogens is 3. The molecule has 1 N–H and O–H groups in total. The number of nitrogens with one attached hydrogen (secondary N) is 1. The lowest BCUT2D eigenvalue weighted by Gasteiger charge is -2.41. The molecular weight excluding hydrogens is 511 g/mol. The maximum absolute atomic E-state index is 12.8. The first-order valence-electron chi connectivity index (χ1n) is 13.7. The number of nitrogens with zero attached hydrogens (tertiary/aromatic N) is 4. The SMILES string of the molecule is COC(=O)N1CCc2c(nc(C)n2C2CC3CCC(C2)N3CC[C@H](NC(=O)CC(F)(F)F)c2ccccc2)C1. The van der Waals surface area contributed by atoms with Crippen LogP contribution in [0.5, 0.6) is 0 Å². The van der Waals surface area contributed by atoms with Crippen LogP contribution < -0.4 is 5.32 Å². The van der Waals surface area contributed by atoms with Gasteiger partial charge in [-0.25, -0.2) is 9.78 Å². The predicted molar refractivity (Wildman–Crippen MR) is 138 cm³/mol. The molecule has 0 spiro atoms. The van der Waals surface area contributed by atoms with Gasteiger partial charge in [-0.1, -0.05) is 30.3 Å². The van der Waals surface area contributed by atoms with E-state index in [2.05, 4.69) is 14.8 Å². The Morgan fingerprint density at radius 1 is 1.13 bits per heavy atom. The molecule has 212 valence electrons. The number of rotatable bonds is 7. The minimum absolute atomic E-state index is 0.330. The Morgan fingerprint density at radius 2 is 1.82 bits per heavy atom. The summed E-state index contributed by atoms with van der Waals surface area (Å²) in [5.41, 5.74) is 2.97. The lowest BCUT2D eigenvalue weighted by molar-refractivity contribution is -0.154. The molecule has 1 aromatic carbocycles. The van der Waals surface area contributed by atoms with Crippen molar-refractivity contribution in [2.75, 3.05) is 20.2 Å². The van der Waals surface area contributed by atoms with E-state index in [1.807, 2.05) is 37.3 Å². The largest absolute Gasteiger partial charge is 0.453 e. The van der Waals surface area contributed by atoms with Crippen LogP contribution in [-0.2, 0) is 22.5 Å². The van der Waals surface area contributed by atoms with Gasteiger partial charge < -0.3 is 19.5 Å². The van der Waals surface area contributed by atoms with Crippen molar-refractivity contribution in [3.8, 4) is 0 Å². The molecule has 1 aromatic heterocycles. The summed E-state index contributed by atoms with van der Waals surface area (Å²) in [6.07, 6.45) is -0.900. The van der Waals surface area contributed by atoms with Crippen LogP contribution in [0.15, 0.2) is 30.3 Å². The third-order valence-electron chi connectivity index (χ3n) is 8.46. The van der Waals surface area contributed by atoms with Crippen LogP contribution in [0.3, 0.4) is 0 Å². The number of aryl methyl sites for hydroxylation is 1. The van der Waals surface area contributed by atoms with Gasteiger partial charge in [0.2, 0.25) is 5.91 Å². The summed E-state index contributed by atoms with van der Waals surface area (Å²) in [7, 11) is 1.39. The maximum Gasteiger partial charge on any atom is 0.409 e. The highest BCUT2D eigenvalue weighted by Gasteiger charge is 2.43. The quantitative estimate of drug-likeness (QED) is 0.545. The number of piperidine rings is 1. The fraction of sp³-hybridized carbons (Fsp3) is 0.607. The van der Waals surface area contributed by atoms with Gasteiger partial charge in [0.1, 0.15) is 12.2 Å². The summed E-state index contributed by atoms with van der Waals surface area (Å²) in [5.74, 6) is -0.0229. The van der Waals surface area contributed by atoms with Crippen LogP contribution in [0.4, 0.5) is 18.0 Å². The molecule has 2 aromatic rings. The van der Waals surface area contributed by atoms with Crippen molar-refractivity contribution in [1.82, 2.24) is 24.7 Å². The number of alkyl halides is 3. The van der Waals surface area contributed by atoms with Crippen molar-refractivity contribution in [3.63, 3.8) is 0 Å². The Hall–Kier alpha value is -3.08. The summed E-state index contributed by atoms with van der Waals surface area (Å²) in [6.45, 7) is 3.81. The molecule has 0 aliphatic carbocycles. The van der Waals surface area contributed by atoms with Crippen LogP contribution in [0.25, 0.3) is 0 Å². The average Bonchev–Trinajstić information content (AvgIpc) is 3.35. The van der Waals surface area contributed by atoms with E-state index in [1.165, 1.54) is 12.8 Å². The summed E-state index contributed by atoms with van der Waals surface area (Å²) in [6, 6.07) is 9.85. The molecule has 0 saturated carbocycles. The molecule has 2 amide bonds. The second-order valence-corrected chi connectivity index (χ2v) is 10.9. The van der Waals surface area contributed by atoms with Crippen molar-refractivity contribution in [2.24, 2.45) is 0 Å². The molecule has 2 unspecified atom stereocenters. The van der Waals surface area contributed by atoms with Crippen LogP contribution in [0, 0.1) is 6.92 Å². The number of fused-ring (bicyclic) bond motifs is 3. The number of carbonyl (C=O) groups excluding carboxylic acids is 2. The molecule has 39 heavy (non-hydrogen) atoms. The summed E-state index contributed by atoms with van der Waals surface area (Å²) < 4.78 is 45.7. The molecule has 5 rings (SSSR count). The van der Waals surface area contributed by atoms with Gasteiger partial charge >= 0.3 is 12.3 Å². The Morgan fingerprint density at radius 3 is 2.46 bits per heavy atom. The standard InChI is InChI=1S/C28H36F3N5O3/c1-18-32-24-17-34(27(38)39-2)12-11-25(24)36(18)22-14-20-8-9-21(15-22)35(20)13-10-23(19-6-4-3-5-7-19)33-26(37)16-28(29,30)31/h3-7,20-23H,8-17H2,1-2H3,(H,33,37)/t20?,21?,22?,23-/m0/s1. The zero-order valence-corrected chi connectivity index (χ0v) is 22.4. The Labute approximate surface area is 226 Å². The smallest absolute Gasteiger partial charge is 0.409 e. The van der Waals surface area contributed by atoms with Crippen molar-refractivity contribution < 1.29 is 27.5 Å². The van der Waals surface area contributed by atoms with E-state index in [0.29, 0.717) is 44.2 Å². The van der Waals surface area contributed by atoms with E-state index in [1.54, 1.807) is 4.90 Å². The molecule has 8 nitrogen and oxygen atoms in total. The van der Waals surface area contributed by atoms with Gasteiger partial charge in [0.15, 0.2) is 0 Å². The van der Waals surface area contributed by atoms with Crippen molar-refractivity contribution in [3.05, 3.63) is 53.1 Å². The third-order valence-corrected chi connectivity index (χ3v) is 8.46. The number of hydrogen-bond donors (Lipinski definition) is 1. The van der Waals surface area contributed by atoms with Gasteiger partial charge in [-0.05, 0) is 44.6 Å². The number of ether oxygens (including phenoxy) is 1. The van der Waals surface area contributed by atoms with E-state index in [0.717, 1.165) is 49.2 Å². The zero-order chi connectivity index (χ0) is 27.7. The zero-order valence-electron chi connectivity index (χ0n) is 22.4. The van der Waals surface area contributed by atoms with Gasteiger partial charge in [-0.3, -0.25) is 9.69 Å². The van der Waals surface area contributed by atoms with E-state index in [9.17, 15) is 22.8 Å². The van der Waals surface area contributed by atoms with Crippen LogP contribution in [0.2, 0.25) is 0 Å². The van der Waals surface area contributed by atoms with Crippen molar-refractivity contribution in [2.45, 2.75) is 88.8 Å². The van der Waals surface area contributed by atoms with Gasteiger partial charge in [-0.2, -0.15) is 13.2 Å². The molecule has 3 aliphatic rings. The highest BCUT2D eigenvalue weighted by Crippen LogP contribution is 2.43. The summed E-state index contributed by atoms with van der Waals surface area (Å²) >= 11 is 0. The number of amides is 2. The van der Waals surface area contributed by atoms with Gasteiger partial charge in [-0.15, -0.1) is 0 Å². The molecular formula is C28H36F3N5O3. The van der Waals surface area contributed by atoms with E-state index < -0.39 is 24.5 Å². The molecule has 11 heteroatoms. The number of aromatic nitrogens is 2. The lowest BCUT2D eigenvalue weighted by atomic mass is 9.94. The lowest BCUT2D eigenvalue weighted by Crippen LogP contribution is -2.45. The highest BCUT2D eigenvalue weighted by atomic mass is 19.4. The highest BCUT2D eigenvalue weighted by molar-refractivity contribution is 5.77. The first kappa shape index (κ1) is 27.5. The molecule has 2 bridgehead atoms. The van der Waals surface area contributed by atoms with Crippen LogP contribution >= 0.6 is 0 Å². The van der Waals surface area contributed by atoms with Crippen molar-refractivity contribution in [1.29, 1.82) is 0 Å². The first-order valence-corrected chi connectivity index (χ1v) is 13.7. The van der Waals surface area contributed by atoms with E-state index >= 15 is 0 Å². The number of methoxy groups -OCH3 is 1. The maximum atomic E-state index is 12.8. The third kappa shape index (κ3) is 6.08. The minimum atomic E-state index is -4.53. The normalized spacial score (nSPS) is 23.8. The molecule has 4 heterocycles. The average molecular weight is 548 g/mol. The summed E-state index contributed by atoms with van der Waals surface area (Å²) in [5, 5.41) is 2.63. The van der Waals surface area contributed by atoms with Crippen LogP contribution in [-0.4, -0.2) is 69.8 Å². The van der Waals surface area contributed by atoms with E-state index in [-0.39, 0.29) is 6.09 Å². The fourth-order valence-electron chi connectivity index (χ4n) is 6.84. The second kappa shape index (κ2) is 11.2. The van der Waals surface area contributed by atoms with E-state index in [4.69, 9.17) is 9.72 Å².